The third kappa shape index (κ3) is 5.96. The van der Waals surface area contributed by atoms with Crippen molar-refractivity contribution >= 4 is 23.2 Å². The largest absolute Gasteiger partial charge is 0.493 e. The van der Waals surface area contributed by atoms with Crippen LogP contribution in [0.25, 0.3) is 0 Å². The van der Waals surface area contributed by atoms with Gasteiger partial charge in [0.25, 0.3) is 5.91 Å². The normalized spacial score (nSPS) is 10.4. The van der Waals surface area contributed by atoms with Gasteiger partial charge in [0.1, 0.15) is 0 Å². The Morgan fingerprint density at radius 3 is 2.52 bits per heavy atom. The summed E-state index contributed by atoms with van der Waals surface area (Å²) in [4.78, 5) is 30.1. The van der Waals surface area contributed by atoms with Crippen LogP contribution in [-0.2, 0) is 27.3 Å². The Kier molecular flexibility index (Phi) is 7.60. The number of aromatic nitrogens is 1. The maximum atomic E-state index is 12.4. The average molecular weight is 392 g/mol. The minimum atomic E-state index is -0.462. The maximum absolute atomic E-state index is 12.4. The number of carbonyl (C=O) groups excluding carboxylic acids is 2. The fourth-order valence-corrected chi connectivity index (χ4v) is 3.11. The Morgan fingerprint density at radius 2 is 1.93 bits per heavy atom. The lowest BCUT2D eigenvalue weighted by molar-refractivity contribution is -0.151. The molecule has 0 saturated heterocycles. The van der Waals surface area contributed by atoms with Crippen LogP contribution >= 0.6 is 11.3 Å². The van der Waals surface area contributed by atoms with Gasteiger partial charge in [-0.05, 0) is 31.5 Å². The summed E-state index contributed by atoms with van der Waals surface area (Å²) in [6.07, 6.45) is 0.0689. The summed E-state index contributed by atoms with van der Waals surface area (Å²) in [6.45, 7) is 4.34. The van der Waals surface area contributed by atoms with Crippen LogP contribution in [0.15, 0.2) is 23.6 Å². The van der Waals surface area contributed by atoms with Crippen molar-refractivity contribution < 1.29 is 23.8 Å². The van der Waals surface area contributed by atoms with E-state index in [1.165, 1.54) is 11.3 Å². The molecule has 0 aliphatic rings. The third-order valence-corrected chi connectivity index (χ3v) is 4.73. The van der Waals surface area contributed by atoms with E-state index in [1.54, 1.807) is 25.2 Å². The molecule has 1 heterocycles. The molecule has 0 spiro atoms. The first kappa shape index (κ1) is 20.7. The molecule has 0 atom stereocenters. The number of nitrogens with zero attached hydrogens (tertiary/aromatic N) is 2. The average Bonchev–Trinajstić information content (AvgIpc) is 3.08. The smallest absolute Gasteiger partial charge is 0.312 e. The molecule has 8 heteroatoms. The van der Waals surface area contributed by atoms with E-state index in [-0.39, 0.29) is 18.9 Å². The van der Waals surface area contributed by atoms with E-state index in [0.717, 1.165) is 10.6 Å². The number of esters is 1. The molecule has 146 valence electrons. The van der Waals surface area contributed by atoms with Gasteiger partial charge in [-0.15, -0.1) is 11.3 Å². The molecule has 0 radical (unpaired) electrons. The number of amides is 1. The van der Waals surface area contributed by atoms with Crippen LogP contribution in [0.3, 0.4) is 0 Å². The molecule has 1 amide bonds. The van der Waals surface area contributed by atoms with Gasteiger partial charge in [0, 0.05) is 18.5 Å². The van der Waals surface area contributed by atoms with Gasteiger partial charge in [-0.3, -0.25) is 9.59 Å². The number of carbonyl (C=O) groups is 2. The van der Waals surface area contributed by atoms with Crippen LogP contribution in [0.1, 0.15) is 23.2 Å². The van der Waals surface area contributed by atoms with E-state index in [9.17, 15) is 9.59 Å². The van der Waals surface area contributed by atoms with Crippen molar-refractivity contribution in [2.75, 3.05) is 27.4 Å². The van der Waals surface area contributed by atoms with Crippen LogP contribution in [0.2, 0.25) is 0 Å². The Labute approximate surface area is 162 Å². The van der Waals surface area contributed by atoms with E-state index < -0.39 is 5.97 Å². The summed E-state index contributed by atoms with van der Waals surface area (Å²) in [5.41, 5.74) is 1.56. The van der Waals surface area contributed by atoms with Gasteiger partial charge in [0.05, 0.1) is 31.3 Å². The van der Waals surface area contributed by atoms with Crippen LogP contribution in [-0.4, -0.2) is 49.1 Å². The molecule has 1 aromatic heterocycles. The summed E-state index contributed by atoms with van der Waals surface area (Å²) in [5.74, 6) is 0.510. The summed E-state index contributed by atoms with van der Waals surface area (Å²) in [7, 11) is 3.13. The summed E-state index contributed by atoms with van der Waals surface area (Å²) < 4.78 is 15.6. The predicted octanol–water partition coefficient (Wildman–Crippen LogP) is 2.60. The molecule has 1 aromatic carbocycles. The second-order valence-corrected chi connectivity index (χ2v) is 6.85. The Morgan fingerprint density at radius 1 is 1.19 bits per heavy atom. The molecule has 7 nitrogen and oxygen atoms in total. The standard InChI is InChI=1S/C19H24N2O5S/c1-5-21(10-14-6-7-16(24-3)17(8-14)25-4)18(22)11-26-19(23)9-15-12-27-13(2)20-15/h6-8,12H,5,9-11H2,1-4H3. The van der Waals surface area contributed by atoms with E-state index in [2.05, 4.69) is 4.98 Å². The van der Waals surface area contributed by atoms with E-state index in [0.29, 0.717) is 30.3 Å². The zero-order valence-corrected chi connectivity index (χ0v) is 16.8. The number of hydrogen-bond acceptors (Lipinski definition) is 7. The molecule has 0 aliphatic heterocycles. The van der Waals surface area contributed by atoms with E-state index >= 15 is 0 Å². The topological polar surface area (TPSA) is 78.0 Å². The second-order valence-electron chi connectivity index (χ2n) is 5.79. The molecule has 0 unspecified atom stereocenters. The van der Waals surface area contributed by atoms with Crippen molar-refractivity contribution in [1.82, 2.24) is 9.88 Å². The zero-order chi connectivity index (χ0) is 19.8. The van der Waals surface area contributed by atoms with Crippen molar-refractivity contribution in [3.8, 4) is 11.5 Å². The molecule has 0 fully saturated rings. The number of ether oxygens (including phenoxy) is 3. The molecular formula is C19H24N2O5S. The first-order valence-electron chi connectivity index (χ1n) is 8.52. The van der Waals surface area contributed by atoms with Gasteiger partial charge in [0.15, 0.2) is 18.1 Å². The first-order valence-corrected chi connectivity index (χ1v) is 9.40. The first-order chi connectivity index (χ1) is 13.0. The van der Waals surface area contributed by atoms with Gasteiger partial charge in [-0.2, -0.15) is 0 Å². The molecule has 2 rings (SSSR count). The Bertz CT molecular complexity index is 790. The summed E-state index contributed by atoms with van der Waals surface area (Å²) >= 11 is 1.47. The van der Waals surface area contributed by atoms with Crippen LogP contribution in [0.5, 0.6) is 11.5 Å². The quantitative estimate of drug-likeness (QED) is 0.611. The molecule has 0 saturated carbocycles. The SMILES string of the molecule is CCN(Cc1ccc(OC)c(OC)c1)C(=O)COC(=O)Cc1csc(C)n1. The Balaban J connectivity index is 1.90. The van der Waals surface area contributed by atoms with Crippen LogP contribution in [0.4, 0.5) is 0 Å². The second kappa shape index (κ2) is 9.91. The van der Waals surface area contributed by atoms with Gasteiger partial charge >= 0.3 is 5.97 Å². The fraction of sp³-hybridized carbons (Fsp3) is 0.421. The van der Waals surface area contributed by atoms with Crippen molar-refractivity contribution in [1.29, 1.82) is 0 Å². The van der Waals surface area contributed by atoms with Crippen molar-refractivity contribution in [3.63, 3.8) is 0 Å². The number of thiazole rings is 1. The lowest BCUT2D eigenvalue weighted by Crippen LogP contribution is -2.34. The molecule has 2 aromatic rings. The van der Waals surface area contributed by atoms with Gasteiger partial charge in [-0.25, -0.2) is 4.98 Å². The van der Waals surface area contributed by atoms with Crippen LogP contribution < -0.4 is 9.47 Å². The number of rotatable bonds is 9. The lowest BCUT2D eigenvalue weighted by atomic mass is 10.2. The highest BCUT2D eigenvalue weighted by atomic mass is 32.1. The Hall–Kier alpha value is -2.61. The highest BCUT2D eigenvalue weighted by molar-refractivity contribution is 7.09. The van der Waals surface area contributed by atoms with Crippen molar-refractivity contribution in [2.45, 2.75) is 26.8 Å². The molecule has 0 N–H and O–H groups in total. The summed E-state index contributed by atoms with van der Waals surface area (Å²) in [6, 6.07) is 5.49. The molecule has 0 bridgehead atoms. The van der Waals surface area contributed by atoms with E-state index in [4.69, 9.17) is 14.2 Å². The minimum absolute atomic E-state index is 0.0689. The monoisotopic (exact) mass is 392 g/mol. The van der Waals surface area contributed by atoms with E-state index in [1.807, 2.05) is 31.4 Å². The maximum Gasteiger partial charge on any atom is 0.312 e. The highest BCUT2D eigenvalue weighted by Crippen LogP contribution is 2.28. The van der Waals surface area contributed by atoms with Crippen molar-refractivity contribution in [3.05, 3.63) is 39.8 Å². The number of methoxy groups -OCH3 is 2. The third-order valence-electron chi connectivity index (χ3n) is 3.90. The number of aryl methyl sites for hydroxylation is 1. The lowest BCUT2D eigenvalue weighted by Gasteiger charge is -2.21. The zero-order valence-electron chi connectivity index (χ0n) is 16.0. The number of likely N-dealkylation sites (N-methyl/N-ethyl adjacent to an activating group) is 1. The fourth-order valence-electron chi connectivity index (χ4n) is 2.50. The van der Waals surface area contributed by atoms with Crippen LogP contribution in [0, 0.1) is 6.92 Å². The molecular weight excluding hydrogens is 368 g/mol. The number of benzene rings is 1. The minimum Gasteiger partial charge on any atom is -0.493 e. The molecule has 0 aliphatic carbocycles. The molecule has 27 heavy (non-hydrogen) atoms. The van der Waals surface area contributed by atoms with Crippen molar-refractivity contribution in [2.24, 2.45) is 0 Å². The highest BCUT2D eigenvalue weighted by Gasteiger charge is 2.16. The summed E-state index contributed by atoms with van der Waals surface area (Å²) in [5, 5.41) is 2.70. The van der Waals surface area contributed by atoms with Gasteiger partial charge < -0.3 is 19.1 Å². The number of hydrogen-bond donors (Lipinski definition) is 0. The van der Waals surface area contributed by atoms with Gasteiger partial charge in [0.2, 0.25) is 0 Å². The predicted molar refractivity (Wildman–Crippen MR) is 102 cm³/mol. The van der Waals surface area contributed by atoms with Gasteiger partial charge in [-0.1, -0.05) is 6.07 Å².